The Morgan fingerprint density at radius 1 is 1.47 bits per heavy atom. The van der Waals surface area contributed by atoms with Gasteiger partial charge in [-0.1, -0.05) is 0 Å². The van der Waals surface area contributed by atoms with E-state index >= 15 is 0 Å². The summed E-state index contributed by atoms with van der Waals surface area (Å²) in [6.07, 6.45) is 4.10. The van der Waals surface area contributed by atoms with Crippen molar-refractivity contribution in [3.63, 3.8) is 0 Å². The lowest BCUT2D eigenvalue weighted by atomic mass is 9.94. The van der Waals surface area contributed by atoms with Crippen molar-refractivity contribution in [3.05, 3.63) is 17.8 Å². The molecule has 1 N–H and O–H groups in total. The third kappa shape index (κ3) is 1.85. The van der Waals surface area contributed by atoms with Gasteiger partial charge in [-0.2, -0.15) is 10.4 Å². The van der Waals surface area contributed by atoms with E-state index in [1.165, 1.54) is 12.8 Å². The molecule has 88 valence electrons. The molecule has 2 aliphatic rings. The summed E-state index contributed by atoms with van der Waals surface area (Å²) in [6.45, 7) is 3.05. The van der Waals surface area contributed by atoms with E-state index in [9.17, 15) is 0 Å². The number of piperidine rings is 1. The van der Waals surface area contributed by atoms with Crippen LogP contribution in [-0.4, -0.2) is 35.9 Å². The van der Waals surface area contributed by atoms with Gasteiger partial charge in [0.1, 0.15) is 6.07 Å². The fourth-order valence-electron chi connectivity index (χ4n) is 2.86. The normalized spacial score (nSPS) is 27.6. The summed E-state index contributed by atoms with van der Waals surface area (Å²) in [7, 11) is 0. The number of aromatic nitrogens is 2. The van der Waals surface area contributed by atoms with E-state index in [1.54, 1.807) is 12.3 Å². The third-order valence-electron chi connectivity index (χ3n) is 3.72. The number of rotatable bonds is 1. The van der Waals surface area contributed by atoms with Gasteiger partial charge in [0.2, 0.25) is 0 Å². The van der Waals surface area contributed by atoms with Gasteiger partial charge < -0.3 is 10.2 Å². The van der Waals surface area contributed by atoms with Gasteiger partial charge in [0.15, 0.2) is 5.82 Å². The van der Waals surface area contributed by atoms with E-state index in [-0.39, 0.29) is 0 Å². The molecule has 0 saturated carbocycles. The van der Waals surface area contributed by atoms with Gasteiger partial charge in [-0.25, -0.2) is 0 Å². The van der Waals surface area contributed by atoms with Crippen molar-refractivity contribution in [2.24, 2.45) is 5.92 Å². The van der Waals surface area contributed by atoms with Crippen LogP contribution in [0.25, 0.3) is 0 Å². The zero-order valence-corrected chi connectivity index (χ0v) is 9.63. The Morgan fingerprint density at radius 3 is 3.24 bits per heavy atom. The highest BCUT2D eigenvalue weighted by molar-refractivity contribution is 5.53. The Kier molecular flexibility index (Phi) is 2.65. The average Bonchev–Trinajstić information content (AvgIpc) is 2.82. The predicted octanol–water partition coefficient (Wildman–Crippen LogP) is 0.536. The number of nitrogens with one attached hydrogen (secondary N) is 1. The van der Waals surface area contributed by atoms with E-state index in [1.807, 2.05) is 0 Å². The predicted molar refractivity (Wildman–Crippen MR) is 63.5 cm³/mol. The number of hydrogen-bond acceptors (Lipinski definition) is 5. The lowest BCUT2D eigenvalue weighted by Crippen LogP contribution is -2.40. The highest BCUT2D eigenvalue weighted by Crippen LogP contribution is 2.29. The molecule has 0 radical (unpaired) electrons. The Morgan fingerprint density at radius 2 is 2.41 bits per heavy atom. The summed E-state index contributed by atoms with van der Waals surface area (Å²) in [5, 5.41) is 20.6. The Balaban J connectivity index is 1.84. The first-order chi connectivity index (χ1) is 8.38. The summed E-state index contributed by atoms with van der Waals surface area (Å²) in [5.41, 5.74) is 0.624. The second-order valence-corrected chi connectivity index (χ2v) is 4.75. The maximum absolute atomic E-state index is 9.08. The Labute approximate surface area is 100 Å². The molecule has 3 rings (SSSR count). The Bertz CT molecular complexity index is 438. The van der Waals surface area contributed by atoms with Crippen LogP contribution in [0.3, 0.4) is 0 Å². The van der Waals surface area contributed by atoms with Crippen LogP contribution >= 0.6 is 0 Å². The topological polar surface area (TPSA) is 64.8 Å². The monoisotopic (exact) mass is 229 g/mol. The van der Waals surface area contributed by atoms with E-state index in [0.717, 1.165) is 25.5 Å². The van der Waals surface area contributed by atoms with E-state index in [2.05, 4.69) is 26.5 Å². The molecule has 2 unspecified atom stereocenters. The molecule has 17 heavy (non-hydrogen) atoms. The van der Waals surface area contributed by atoms with Crippen LogP contribution < -0.4 is 10.2 Å². The first-order valence-electron chi connectivity index (χ1n) is 6.08. The number of anilines is 1. The van der Waals surface area contributed by atoms with Crippen LogP contribution in [0.15, 0.2) is 12.3 Å². The molecule has 0 bridgehead atoms. The van der Waals surface area contributed by atoms with Crippen molar-refractivity contribution >= 4 is 5.82 Å². The molecular formula is C12H15N5. The SMILES string of the molecule is N#Cc1ccnnc1N1CC2CCCNC2C1. The largest absolute Gasteiger partial charge is 0.352 e. The van der Waals surface area contributed by atoms with Crippen molar-refractivity contribution in [2.75, 3.05) is 24.5 Å². The number of nitriles is 1. The molecule has 0 amide bonds. The minimum Gasteiger partial charge on any atom is -0.352 e. The fraction of sp³-hybridized carbons (Fsp3) is 0.583. The van der Waals surface area contributed by atoms with E-state index in [0.29, 0.717) is 17.5 Å². The van der Waals surface area contributed by atoms with E-state index < -0.39 is 0 Å². The van der Waals surface area contributed by atoms with Gasteiger partial charge in [-0.05, 0) is 31.4 Å². The second-order valence-electron chi connectivity index (χ2n) is 4.75. The minimum absolute atomic E-state index is 0.553. The third-order valence-corrected chi connectivity index (χ3v) is 3.72. The summed E-state index contributed by atoms with van der Waals surface area (Å²) >= 11 is 0. The van der Waals surface area contributed by atoms with Crippen molar-refractivity contribution in [1.29, 1.82) is 5.26 Å². The van der Waals surface area contributed by atoms with Gasteiger partial charge in [-0.15, -0.1) is 5.10 Å². The molecule has 5 nitrogen and oxygen atoms in total. The molecule has 2 aliphatic heterocycles. The number of hydrogen-bond donors (Lipinski definition) is 1. The van der Waals surface area contributed by atoms with Crippen molar-refractivity contribution in [1.82, 2.24) is 15.5 Å². The van der Waals surface area contributed by atoms with Crippen LogP contribution in [-0.2, 0) is 0 Å². The molecule has 5 heteroatoms. The smallest absolute Gasteiger partial charge is 0.169 e. The molecule has 1 aromatic rings. The summed E-state index contributed by atoms with van der Waals surface area (Å²) in [5.74, 6) is 1.43. The summed E-state index contributed by atoms with van der Waals surface area (Å²) in [4.78, 5) is 2.19. The molecule has 2 fully saturated rings. The van der Waals surface area contributed by atoms with Crippen molar-refractivity contribution in [2.45, 2.75) is 18.9 Å². The number of fused-ring (bicyclic) bond motifs is 1. The zero-order chi connectivity index (χ0) is 11.7. The Hall–Kier alpha value is -1.67. The number of nitrogens with zero attached hydrogens (tertiary/aromatic N) is 4. The molecule has 1 aromatic heterocycles. The van der Waals surface area contributed by atoms with Crippen LogP contribution in [0.5, 0.6) is 0 Å². The average molecular weight is 229 g/mol. The van der Waals surface area contributed by atoms with Gasteiger partial charge in [0, 0.05) is 19.1 Å². The molecule has 0 aromatic carbocycles. The molecule has 3 heterocycles. The quantitative estimate of drug-likeness (QED) is 0.761. The van der Waals surface area contributed by atoms with Crippen LogP contribution in [0.4, 0.5) is 5.82 Å². The van der Waals surface area contributed by atoms with Crippen molar-refractivity contribution < 1.29 is 0 Å². The summed E-state index contributed by atoms with van der Waals surface area (Å²) in [6, 6.07) is 4.48. The first-order valence-corrected chi connectivity index (χ1v) is 6.08. The maximum Gasteiger partial charge on any atom is 0.169 e. The standard InChI is InChI=1S/C12H15N5/c13-6-9-3-5-15-16-12(9)17-7-10-2-1-4-14-11(10)8-17/h3,5,10-11,14H,1-2,4,7-8H2. The molecule has 2 saturated heterocycles. The highest BCUT2D eigenvalue weighted by Gasteiger charge is 2.35. The van der Waals surface area contributed by atoms with Crippen molar-refractivity contribution in [3.8, 4) is 6.07 Å². The van der Waals surface area contributed by atoms with Crippen LogP contribution in [0.2, 0.25) is 0 Å². The maximum atomic E-state index is 9.08. The fourth-order valence-corrected chi connectivity index (χ4v) is 2.86. The second kappa shape index (κ2) is 4.30. The van der Waals surface area contributed by atoms with Crippen LogP contribution in [0.1, 0.15) is 18.4 Å². The molecular weight excluding hydrogens is 214 g/mol. The van der Waals surface area contributed by atoms with Crippen LogP contribution in [0, 0.1) is 17.2 Å². The molecule has 0 spiro atoms. The minimum atomic E-state index is 0.553. The lowest BCUT2D eigenvalue weighted by Gasteiger charge is -2.24. The van der Waals surface area contributed by atoms with Gasteiger partial charge in [-0.3, -0.25) is 0 Å². The summed E-state index contributed by atoms with van der Waals surface area (Å²) < 4.78 is 0. The first kappa shape index (κ1) is 10.5. The molecule has 2 atom stereocenters. The van der Waals surface area contributed by atoms with Gasteiger partial charge in [0.05, 0.1) is 11.8 Å². The lowest BCUT2D eigenvalue weighted by molar-refractivity contribution is 0.340. The highest BCUT2D eigenvalue weighted by atomic mass is 15.3. The van der Waals surface area contributed by atoms with Gasteiger partial charge in [0.25, 0.3) is 0 Å². The zero-order valence-electron chi connectivity index (χ0n) is 9.63. The van der Waals surface area contributed by atoms with E-state index in [4.69, 9.17) is 5.26 Å². The van der Waals surface area contributed by atoms with Gasteiger partial charge >= 0.3 is 0 Å². The molecule has 0 aliphatic carbocycles.